The van der Waals surface area contributed by atoms with E-state index >= 15 is 0 Å². The molecular weight excluding hydrogens is 392 g/mol. The van der Waals surface area contributed by atoms with E-state index in [-0.39, 0.29) is 11.8 Å². The maximum Gasteiger partial charge on any atom is 0.250 e. The highest BCUT2D eigenvalue weighted by molar-refractivity contribution is 5.82. The number of allylic oxidation sites excluding steroid dienone is 4. The van der Waals surface area contributed by atoms with Gasteiger partial charge >= 0.3 is 0 Å². The highest BCUT2D eigenvalue weighted by atomic mass is 16.5. The van der Waals surface area contributed by atoms with Crippen LogP contribution in [0.5, 0.6) is 5.75 Å². The largest absolute Gasteiger partial charge is 0.492 e. The molecule has 6 heteroatoms. The third kappa shape index (κ3) is 8.13. The van der Waals surface area contributed by atoms with Crippen LogP contribution in [0, 0.1) is 11.3 Å². The van der Waals surface area contributed by atoms with Crippen LogP contribution in [0.4, 0.5) is 0 Å². The molecule has 1 aliphatic rings. The SMILES string of the molecule is CC=CCCC=CC(C)C(C)(Cc1ccc(OCCN2CCOCC2)cc1)C(=O)NO. The number of morpholine rings is 1. The Balaban J connectivity index is 1.93. The average Bonchev–Trinajstić information content (AvgIpc) is 2.80. The van der Waals surface area contributed by atoms with E-state index in [1.807, 2.05) is 56.6 Å². The molecule has 2 unspecified atom stereocenters. The minimum absolute atomic E-state index is 0.0327. The van der Waals surface area contributed by atoms with E-state index in [1.165, 1.54) is 0 Å². The number of ether oxygens (including phenoxy) is 2. The van der Waals surface area contributed by atoms with Gasteiger partial charge in [0, 0.05) is 19.6 Å². The number of hydrogen-bond donors (Lipinski definition) is 2. The Morgan fingerprint density at radius 2 is 1.94 bits per heavy atom. The number of benzene rings is 1. The van der Waals surface area contributed by atoms with Crippen molar-refractivity contribution in [1.29, 1.82) is 0 Å². The van der Waals surface area contributed by atoms with Gasteiger partial charge in [-0.15, -0.1) is 0 Å². The summed E-state index contributed by atoms with van der Waals surface area (Å²) in [6.07, 6.45) is 10.8. The van der Waals surface area contributed by atoms with Crippen molar-refractivity contribution >= 4 is 5.91 Å². The summed E-state index contributed by atoms with van der Waals surface area (Å²) in [5, 5.41) is 9.32. The first kappa shape index (κ1) is 25.1. The lowest BCUT2D eigenvalue weighted by Gasteiger charge is -2.32. The maximum atomic E-state index is 12.5. The third-order valence-electron chi connectivity index (χ3n) is 6.06. The third-order valence-corrected chi connectivity index (χ3v) is 6.06. The van der Waals surface area contributed by atoms with Gasteiger partial charge in [-0.25, -0.2) is 5.48 Å². The summed E-state index contributed by atoms with van der Waals surface area (Å²) in [6, 6.07) is 7.89. The molecule has 0 saturated carbocycles. The molecule has 0 aromatic heterocycles. The van der Waals surface area contributed by atoms with Gasteiger partial charge in [-0.05, 0) is 56.7 Å². The van der Waals surface area contributed by atoms with E-state index in [0.717, 1.165) is 57.0 Å². The predicted molar refractivity (Wildman–Crippen MR) is 123 cm³/mol. The van der Waals surface area contributed by atoms with Gasteiger partial charge in [0.1, 0.15) is 12.4 Å². The number of carbonyl (C=O) groups is 1. The van der Waals surface area contributed by atoms with Crippen molar-refractivity contribution in [1.82, 2.24) is 10.4 Å². The Morgan fingerprint density at radius 1 is 1.26 bits per heavy atom. The number of nitrogens with zero attached hydrogens (tertiary/aromatic N) is 1. The molecule has 1 fully saturated rings. The molecule has 2 rings (SSSR count). The molecule has 172 valence electrons. The van der Waals surface area contributed by atoms with Crippen LogP contribution in [0.3, 0.4) is 0 Å². The molecule has 2 N–H and O–H groups in total. The lowest BCUT2D eigenvalue weighted by atomic mass is 9.72. The lowest BCUT2D eigenvalue weighted by Crippen LogP contribution is -2.43. The van der Waals surface area contributed by atoms with E-state index in [2.05, 4.69) is 23.1 Å². The zero-order valence-corrected chi connectivity index (χ0v) is 19.2. The van der Waals surface area contributed by atoms with E-state index < -0.39 is 5.41 Å². The van der Waals surface area contributed by atoms with E-state index in [1.54, 1.807) is 0 Å². The van der Waals surface area contributed by atoms with Crippen LogP contribution in [-0.2, 0) is 16.0 Å². The Labute approximate surface area is 186 Å². The van der Waals surface area contributed by atoms with Crippen LogP contribution in [0.1, 0.15) is 39.2 Å². The first-order valence-corrected chi connectivity index (χ1v) is 11.2. The highest BCUT2D eigenvalue weighted by Crippen LogP contribution is 2.33. The average molecular weight is 431 g/mol. The zero-order valence-electron chi connectivity index (χ0n) is 19.2. The summed E-state index contributed by atoms with van der Waals surface area (Å²) in [6.45, 7) is 10.9. The van der Waals surface area contributed by atoms with Crippen molar-refractivity contribution in [2.24, 2.45) is 11.3 Å². The summed E-state index contributed by atoms with van der Waals surface area (Å²) in [5.74, 6) is 0.417. The van der Waals surface area contributed by atoms with Crippen molar-refractivity contribution in [2.75, 3.05) is 39.5 Å². The van der Waals surface area contributed by atoms with Crippen LogP contribution in [0.25, 0.3) is 0 Å². The van der Waals surface area contributed by atoms with Crippen molar-refractivity contribution in [3.8, 4) is 5.75 Å². The second kappa shape index (κ2) is 13.3. The molecule has 31 heavy (non-hydrogen) atoms. The number of amides is 1. The number of unbranched alkanes of at least 4 members (excludes halogenated alkanes) is 1. The second-order valence-corrected chi connectivity index (χ2v) is 8.34. The Morgan fingerprint density at radius 3 is 2.58 bits per heavy atom. The van der Waals surface area contributed by atoms with E-state index in [0.29, 0.717) is 13.0 Å². The molecule has 1 amide bonds. The molecule has 2 atom stereocenters. The van der Waals surface area contributed by atoms with Gasteiger partial charge in [0.05, 0.1) is 18.6 Å². The summed E-state index contributed by atoms with van der Waals surface area (Å²) < 4.78 is 11.2. The summed E-state index contributed by atoms with van der Waals surface area (Å²) in [7, 11) is 0. The van der Waals surface area contributed by atoms with Gasteiger partial charge in [0.25, 0.3) is 0 Å². The molecule has 6 nitrogen and oxygen atoms in total. The van der Waals surface area contributed by atoms with Gasteiger partial charge in [-0.2, -0.15) is 0 Å². The van der Waals surface area contributed by atoms with Gasteiger partial charge < -0.3 is 9.47 Å². The van der Waals surface area contributed by atoms with E-state index in [9.17, 15) is 10.0 Å². The Hall–Kier alpha value is -2.15. The Bertz CT molecular complexity index is 711. The smallest absolute Gasteiger partial charge is 0.250 e. The summed E-state index contributed by atoms with van der Waals surface area (Å²) in [5.41, 5.74) is 2.13. The van der Waals surface area contributed by atoms with Crippen molar-refractivity contribution in [2.45, 2.75) is 40.0 Å². The normalized spacial score (nSPS) is 18.2. The second-order valence-electron chi connectivity index (χ2n) is 8.34. The van der Waals surface area contributed by atoms with Gasteiger partial charge in [-0.1, -0.05) is 43.4 Å². The monoisotopic (exact) mass is 430 g/mol. The maximum absolute atomic E-state index is 12.5. The zero-order chi connectivity index (χ0) is 22.5. The van der Waals surface area contributed by atoms with Gasteiger partial charge in [0.2, 0.25) is 5.91 Å². The first-order chi connectivity index (χ1) is 15.0. The molecule has 1 heterocycles. The Kier molecular flexibility index (Phi) is 10.8. The molecule has 0 radical (unpaired) electrons. The molecule has 0 spiro atoms. The summed E-state index contributed by atoms with van der Waals surface area (Å²) in [4.78, 5) is 14.9. The predicted octanol–water partition coefficient (Wildman–Crippen LogP) is 4.00. The first-order valence-electron chi connectivity index (χ1n) is 11.2. The number of hydrogen-bond acceptors (Lipinski definition) is 5. The fourth-order valence-corrected chi connectivity index (χ4v) is 3.69. The van der Waals surface area contributed by atoms with Gasteiger partial charge in [0.15, 0.2) is 0 Å². The number of nitrogens with one attached hydrogen (secondary N) is 1. The lowest BCUT2D eigenvalue weighted by molar-refractivity contribution is -0.140. The standard InChI is InChI=1S/C25H38N2O4/c1-4-5-6-7-8-9-21(2)25(3,24(28)26-29)20-22-10-12-23(13-11-22)31-19-16-27-14-17-30-18-15-27/h4-5,8-13,21,29H,6-7,14-20H2,1-3H3,(H,26,28). The molecule has 1 aromatic rings. The molecule has 1 aliphatic heterocycles. The topological polar surface area (TPSA) is 71.0 Å². The summed E-state index contributed by atoms with van der Waals surface area (Å²) >= 11 is 0. The van der Waals surface area contributed by atoms with Crippen LogP contribution in [-0.4, -0.2) is 55.5 Å². The van der Waals surface area contributed by atoms with Gasteiger partial charge in [-0.3, -0.25) is 14.9 Å². The number of carbonyl (C=O) groups excluding carboxylic acids is 1. The highest BCUT2D eigenvalue weighted by Gasteiger charge is 2.37. The minimum Gasteiger partial charge on any atom is -0.492 e. The van der Waals surface area contributed by atoms with Crippen molar-refractivity contribution in [3.05, 3.63) is 54.1 Å². The minimum atomic E-state index is -0.759. The quantitative estimate of drug-likeness (QED) is 0.227. The van der Waals surface area contributed by atoms with Crippen molar-refractivity contribution < 1.29 is 19.5 Å². The molecular formula is C25H38N2O4. The molecule has 1 saturated heterocycles. The molecule has 1 aromatic carbocycles. The number of rotatable bonds is 12. The van der Waals surface area contributed by atoms with Crippen LogP contribution >= 0.6 is 0 Å². The van der Waals surface area contributed by atoms with Crippen LogP contribution < -0.4 is 10.2 Å². The van der Waals surface area contributed by atoms with Crippen LogP contribution in [0.2, 0.25) is 0 Å². The fourth-order valence-electron chi connectivity index (χ4n) is 3.69. The van der Waals surface area contributed by atoms with Crippen LogP contribution in [0.15, 0.2) is 48.6 Å². The van der Waals surface area contributed by atoms with E-state index in [4.69, 9.17) is 9.47 Å². The fraction of sp³-hybridized carbons (Fsp3) is 0.560. The van der Waals surface area contributed by atoms with Crippen molar-refractivity contribution in [3.63, 3.8) is 0 Å². The molecule has 0 aliphatic carbocycles. The number of hydroxylamine groups is 1. The molecule has 0 bridgehead atoms.